The second kappa shape index (κ2) is 12.7. The summed E-state index contributed by atoms with van der Waals surface area (Å²) in [5.41, 5.74) is 4.22. The first kappa shape index (κ1) is 26.7. The summed E-state index contributed by atoms with van der Waals surface area (Å²) in [7, 11) is 0. The molecule has 0 spiro atoms. The Kier molecular flexibility index (Phi) is 9.71. The topological polar surface area (TPSA) is 91.6 Å². The predicted octanol–water partition coefficient (Wildman–Crippen LogP) is 4.36. The third kappa shape index (κ3) is 8.38. The van der Waals surface area contributed by atoms with Crippen molar-refractivity contribution < 1.29 is 19.4 Å². The summed E-state index contributed by atoms with van der Waals surface area (Å²) < 4.78 is 10.8. The molecule has 1 unspecified atom stereocenters. The van der Waals surface area contributed by atoms with Gasteiger partial charge in [0.15, 0.2) is 0 Å². The van der Waals surface area contributed by atoms with Crippen LogP contribution in [0.1, 0.15) is 62.3 Å². The summed E-state index contributed by atoms with van der Waals surface area (Å²) >= 11 is 0. The number of hydrogen-bond acceptors (Lipinski definition) is 6. The van der Waals surface area contributed by atoms with Crippen LogP contribution >= 0.6 is 0 Å². The number of carbonyl (C=O) groups excluding carboxylic acids is 1. The van der Waals surface area contributed by atoms with Crippen molar-refractivity contribution in [2.75, 3.05) is 19.8 Å². The molecular formula is C29H38N2O4. The van der Waals surface area contributed by atoms with Gasteiger partial charge in [0.05, 0.1) is 12.2 Å². The summed E-state index contributed by atoms with van der Waals surface area (Å²) in [5, 5.41) is 23.5. The lowest BCUT2D eigenvalue weighted by Crippen LogP contribution is -2.46. The van der Waals surface area contributed by atoms with Crippen molar-refractivity contribution in [1.29, 1.82) is 5.26 Å². The van der Waals surface area contributed by atoms with Crippen LogP contribution in [0.3, 0.4) is 0 Å². The molecule has 6 nitrogen and oxygen atoms in total. The number of rotatable bonds is 13. The van der Waals surface area contributed by atoms with Crippen LogP contribution in [0.5, 0.6) is 5.75 Å². The SMILES string of the molecule is CCOC(=O)CCCc1ccc(C#N)c(OCC(O)CNC(C)(C)CC2Cc3ccccc3C2)c1. The van der Waals surface area contributed by atoms with Gasteiger partial charge in [0, 0.05) is 18.5 Å². The highest BCUT2D eigenvalue weighted by Crippen LogP contribution is 2.31. The highest BCUT2D eigenvalue weighted by Gasteiger charge is 2.28. The van der Waals surface area contributed by atoms with E-state index in [1.54, 1.807) is 13.0 Å². The molecule has 1 aliphatic rings. The second-order valence-electron chi connectivity index (χ2n) is 10.1. The third-order valence-electron chi connectivity index (χ3n) is 6.50. The fourth-order valence-corrected chi connectivity index (χ4v) is 4.83. The summed E-state index contributed by atoms with van der Waals surface area (Å²) in [6.45, 7) is 7.04. The van der Waals surface area contributed by atoms with Gasteiger partial charge >= 0.3 is 5.97 Å². The zero-order valence-electron chi connectivity index (χ0n) is 21.2. The zero-order valence-corrected chi connectivity index (χ0v) is 21.2. The minimum Gasteiger partial charge on any atom is -0.489 e. The van der Waals surface area contributed by atoms with Crippen molar-refractivity contribution in [2.24, 2.45) is 5.92 Å². The molecule has 6 heteroatoms. The van der Waals surface area contributed by atoms with Crippen LogP contribution < -0.4 is 10.1 Å². The van der Waals surface area contributed by atoms with E-state index in [4.69, 9.17) is 9.47 Å². The number of aliphatic hydroxyl groups is 1. The molecule has 188 valence electrons. The number of benzene rings is 2. The van der Waals surface area contributed by atoms with Gasteiger partial charge < -0.3 is 19.9 Å². The van der Waals surface area contributed by atoms with Crippen molar-refractivity contribution in [3.05, 3.63) is 64.7 Å². The van der Waals surface area contributed by atoms with Gasteiger partial charge in [0.25, 0.3) is 0 Å². The normalized spacial score (nSPS) is 14.3. The molecule has 2 aromatic rings. The largest absolute Gasteiger partial charge is 0.489 e. The van der Waals surface area contributed by atoms with Crippen LogP contribution in [0, 0.1) is 17.2 Å². The molecule has 0 aromatic heterocycles. The van der Waals surface area contributed by atoms with Gasteiger partial charge in [-0.2, -0.15) is 5.26 Å². The van der Waals surface area contributed by atoms with E-state index in [-0.39, 0.29) is 18.1 Å². The molecule has 1 atom stereocenters. The van der Waals surface area contributed by atoms with Crippen LogP contribution in [0.15, 0.2) is 42.5 Å². The number of nitriles is 1. The zero-order chi connectivity index (χ0) is 25.3. The van der Waals surface area contributed by atoms with E-state index in [1.165, 1.54) is 11.1 Å². The first-order valence-electron chi connectivity index (χ1n) is 12.6. The van der Waals surface area contributed by atoms with Crippen molar-refractivity contribution in [3.8, 4) is 11.8 Å². The molecular weight excluding hydrogens is 440 g/mol. The lowest BCUT2D eigenvalue weighted by molar-refractivity contribution is -0.143. The van der Waals surface area contributed by atoms with Crippen LogP contribution in [0.2, 0.25) is 0 Å². The molecule has 0 amide bonds. The summed E-state index contributed by atoms with van der Waals surface area (Å²) in [6, 6.07) is 16.2. The molecule has 0 radical (unpaired) electrons. The van der Waals surface area contributed by atoms with Crippen LogP contribution in [0.4, 0.5) is 0 Å². The first-order chi connectivity index (χ1) is 16.8. The third-order valence-corrected chi connectivity index (χ3v) is 6.50. The van der Waals surface area contributed by atoms with Gasteiger partial charge in [-0.3, -0.25) is 4.79 Å². The number of β-amino-alcohol motifs (C(OH)–C–C–N with tert-alkyl or cyclic N) is 1. The maximum Gasteiger partial charge on any atom is 0.305 e. The molecule has 2 N–H and O–H groups in total. The van der Waals surface area contributed by atoms with Crippen LogP contribution in [-0.4, -0.2) is 42.5 Å². The molecule has 3 rings (SSSR count). The molecule has 0 saturated heterocycles. The Balaban J connectivity index is 1.44. The van der Waals surface area contributed by atoms with E-state index in [9.17, 15) is 15.2 Å². The summed E-state index contributed by atoms with van der Waals surface area (Å²) in [4.78, 5) is 11.5. The van der Waals surface area contributed by atoms with Crippen molar-refractivity contribution in [1.82, 2.24) is 5.32 Å². The number of aryl methyl sites for hydroxylation is 1. The molecule has 0 bridgehead atoms. The number of aliphatic hydroxyl groups excluding tert-OH is 1. The fourth-order valence-electron chi connectivity index (χ4n) is 4.83. The van der Waals surface area contributed by atoms with E-state index in [2.05, 4.69) is 49.5 Å². The van der Waals surface area contributed by atoms with Crippen molar-refractivity contribution in [2.45, 2.75) is 70.9 Å². The molecule has 0 heterocycles. The Hall–Kier alpha value is -2.88. The number of nitrogens with zero attached hydrogens (tertiary/aromatic N) is 1. The number of hydrogen-bond donors (Lipinski definition) is 2. The van der Waals surface area contributed by atoms with E-state index >= 15 is 0 Å². The number of esters is 1. The average molecular weight is 479 g/mol. The molecule has 0 fully saturated rings. The Morgan fingerprint density at radius 1 is 1.23 bits per heavy atom. The maximum atomic E-state index is 11.5. The van der Waals surface area contributed by atoms with Crippen LogP contribution in [-0.2, 0) is 28.8 Å². The summed E-state index contributed by atoms with van der Waals surface area (Å²) in [5.74, 6) is 0.866. The van der Waals surface area contributed by atoms with Gasteiger partial charge in [-0.15, -0.1) is 0 Å². The van der Waals surface area contributed by atoms with E-state index in [0.29, 0.717) is 49.6 Å². The average Bonchev–Trinajstić information content (AvgIpc) is 3.23. The Labute approximate surface area is 209 Å². The van der Waals surface area contributed by atoms with Crippen LogP contribution in [0.25, 0.3) is 0 Å². The molecule has 35 heavy (non-hydrogen) atoms. The Morgan fingerprint density at radius 2 is 1.94 bits per heavy atom. The van der Waals surface area contributed by atoms with Crippen molar-refractivity contribution >= 4 is 5.97 Å². The first-order valence-corrected chi connectivity index (χ1v) is 12.6. The number of fused-ring (bicyclic) bond motifs is 1. The lowest BCUT2D eigenvalue weighted by Gasteiger charge is -2.30. The minimum atomic E-state index is -0.700. The van der Waals surface area contributed by atoms with E-state index < -0.39 is 6.10 Å². The van der Waals surface area contributed by atoms with Gasteiger partial charge in [-0.1, -0.05) is 30.3 Å². The van der Waals surface area contributed by atoms with Gasteiger partial charge in [-0.25, -0.2) is 0 Å². The quantitative estimate of drug-likeness (QED) is 0.416. The molecule has 0 aliphatic heterocycles. The van der Waals surface area contributed by atoms with Gasteiger partial charge in [0.2, 0.25) is 0 Å². The number of carbonyl (C=O) groups is 1. The highest BCUT2D eigenvalue weighted by atomic mass is 16.5. The Bertz CT molecular complexity index is 1000. The predicted molar refractivity (Wildman–Crippen MR) is 136 cm³/mol. The van der Waals surface area contributed by atoms with Crippen molar-refractivity contribution in [3.63, 3.8) is 0 Å². The monoisotopic (exact) mass is 478 g/mol. The lowest BCUT2D eigenvalue weighted by atomic mass is 9.88. The van der Waals surface area contributed by atoms with E-state index in [1.807, 2.05) is 12.1 Å². The molecule has 2 aromatic carbocycles. The van der Waals surface area contributed by atoms with Gasteiger partial charge in [-0.05, 0) is 87.6 Å². The van der Waals surface area contributed by atoms with E-state index in [0.717, 1.165) is 24.8 Å². The number of nitrogens with one attached hydrogen (secondary N) is 1. The smallest absolute Gasteiger partial charge is 0.305 e. The van der Waals surface area contributed by atoms with Gasteiger partial charge in [0.1, 0.15) is 24.5 Å². The Morgan fingerprint density at radius 3 is 2.60 bits per heavy atom. The molecule has 0 saturated carbocycles. The number of ether oxygens (including phenoxy) is 2. The summed E-state index contributed by atoms with van der Waals surface area (Å²) in [6.07, 6.45) is 4.26. The fraction of sp³-hybridized carbons (Fsp3) is 0.517. The standard InChI is InChI=1S/C29H38N2O4/c1-4-34-28(33)11-7-8-21-12-13-25(18-30)27(16-21)35-20-26(32)19-31-29(2,3)17-22-14-23-9-5-6-10-24(23)15-22/h5-6,9-10,12-13,16,22,26,31-32H,4,7-8,11,14-15,17,19-20H2,1-3H3. The minimum absolute atomic E-state index is 0.0961. The second-order valence-corrected chi connectivity index (χ2v) is 10.1. The highest BCUT2D eigenvalue weighted by molar-refractivity contribution is 5.69. The maximum absolute atomic E-state index is 11.5. The molecule has 1 aliphatic carbocycles.